The number of rotatable bonds is 2. The van der Waals surface area contributed by atoms with Crippen molar-refractivity contribution >= 4 is 11.9 Å². The van der Waals surface area contributed by atoms with Crippen LogP contribution in [0.4, 0.5) is 0 Å². The summed E-state index contributed by atoms with van der Waals surface area (Å²) in [5, 5.41) is 20.7. The van der Waals surface area contributed by atoms with Crippen LogP contribution in [0.5, 0.6) is 0 Å². The van der Waals surface area contributed by atoms with Gasteiger partial charge in [0.05, 0.1) is 0 Å². The predicted octanol–water partition coefficient (Wildman–Crippen LogP) is -0.564. The van der Waals surface area contributed by atoms with Crippen molar-refractivity contribution in [1.29, 1.82) is 0 Å². The van der Waals surface area contributed by atoms with Crippen molar-refractivity contribution in [2.24, 2.45) is 5.41 Å². The molecule has 0 atom stereocenters. The van der Waals surface area contributed by atoms with Gasteiger partial charge in [0.2, 0.25) is 0 Å². The Bertz CT molecular complexity index is 238. The third-order valence-corrected chi connectivity index (χ3v) is 3.23. The molecule has 7 heteroatoms. The summed E-state index contributed by atoms with van der Waals surface area (Å²) in [5.41, 5.74) is -1.49. The Morgan fingerprint density at radius 3 is 1.33 bits per heavy atom. The summed E-state index contributed by atoms with van der Waals surface area (Å²) in [6.07, 6.45) is 4.30. The van der Waals surface area contributed by atoms with Crippen molar-refractivity contribution < 1.29 is 30.8 Å². The fourth-order valence-electron chi connectivity index (χ4n) is 1.85. The van der Waals surface area contributed by atoms with E-state index in [0.717, 1.165) is 6.42 Å². The van der Waals surface area contributed by atoms with Crippen LogP contribution in [0.3, 0.4) is 0 Å². The second-order valence-corrected chi connectivity index (χ2v) is 4.36. The van der Waals surface area contributed by atoms with E-state index in [9.17, 15) is 9.59 Å². The number of nitrogens with one attached hydrogen (secondary N) is 1. The van der Waals surface area contributed by atoms with Crippen molar-refractivity contribution in [3.8, 4) is 0 Å². The van der Waals surface area contributed by atoms with Crippen molar-refractivity contribution in [3.63, 3.8) is 0 Å². The second kappa shape index (κ2) is 8.84. The molecule has 0 aromatic rings. The van der Waals surface area contributed by atoms with Crippen LogP contribution in [-0.4, -0.2) is 46.2 Å². The Morgan fingerprint density at radius 1 is 0.833 bits per heavy atom. The molecule has 0 bridgehead atoms. The Hall–Kier alpha value is -1.18. The van der Waals surface area contributed by atoms with Gasteiger partial charge in [0, 0.05) is 0 Å². The van der Waals surface area contributed by atoms with Gasteiger partial charge in [0.25, 0.3) is 0 Å². The quantitative estimate of drug-likeness (QED) is 0.572. The Morgan fingerprint density at radius 2 is 1.17 bits per heavy atom. The van der Waals surface area contributed by atoms with Gasteiger partial charge in [-0.2, -0.15) is 0 Å². The van der Waals surface area contributed by atoms with Gasteiger partial charge >= 0.3 is 11.9 Å². The summed E-state index contributed by atoms with van der Waals surface area (Å²) in [5.74, 6) is -2.37. The highest BCUT2D eigenvalue weighted by atomic mass is 16.4. The monoisotopic (exact) mass is 265 g/mol. The second-order valence-electron chi connectivity index (χ2n) is 4.36. The Balaban J connectivity index is 0. The molecule has 0 radical (unpaired) electrons. The first-order valence-corrected chi connectivity index (χ1v) is 5.77. The summed E-state index contributed by atoms with van der Waals surface area (Å²) in [6.45, 7) is 2.50. The van der Waals surface area contributed by atoms with E-state index in [1.165, 1.54) is 19.5 Å². The van der Waals surface area contributed by atoms with Crippen LogP contribution in [-0.2, 0) is 9.59 Å². The Labute approximate surface area is 106 Å². The lowest BCUT2D eigenvalue weighted by Gasteiger charge is -2.28. The molecule has 1 aliphatic heterocycles. The summed E-state index contributed by atoms with van der Waals surface area (Å²) in [6, 6.07) is 0. The van der Waals surface area contributed by atoms with Gasteiger partial charge in [-0.15, -0.1) is 0 Å². The fourth-order valence-corrected chi connectivity index (χ4v) is 1.85. The van der Waals surface area contributed by atoms with E-state index in [2.05, 4.69) is 5.32 Å². The van der Waals surface area contributed by atoms with Crippen molar-refractivity contribution in [3.05, 3.63) is 0 Å². The van der Waals surface area contributed by atoms with E-state index >= 15 is 0 Å². The van der Waals surface area contributed by atoms with Gasteiger partial charge in [-0.1, -0.05) is 19.3 Å². The van der Waals surface area contributed by atoms with E-state index in [1.54, 1.807) is 0 Å². The molecular formula is C11H23NO6. The zero-order valence-corrected chi connectivity index (χ0v) is 10.4. The zero-order chi connectivity index (χ0) is 12.0. The minimum absolute atomic E-state index is 0. The summed E-state index contributed by atoms with van der Waals surface area (Å²) in [4.78, 5) is 21.5. The fraction of sp³-hybridized carbons (Fsp3) is 0.818. The minimum atomic E-state index is -1.49. The summed E-state index contributed by atoms with van der Waals surface area (Å²) >= 11 is 0. The number of carboxylic acid groups (broad SMARTS) is 2. The zero-order valence-electron chi connectivity index (χ0n) is 10.4. The highest BCUT2D eigenvalue weighted by Crippen LogP contribution is 2.36. The molecule has 0 aromatic carbocycles. The van der Waals surface area contributed by atoms with Gasteiger partial charge in [-0.3, -0.25) is 9.59 Å². The third kappa shape index (κ3) is 4.59. The lowest BCUT2D eigenvalue weighted by molar-refractivity contribution is -0.167. The smallest absolute Gasteiger partial charge is 0.321 e. The Kier molecular flexibility index (Phi) is 9.42. The normalized spacial score (nSPS) is 19.8. The van der Waals surface area contributed by atoms with Crippen LogP contribution in [0.25, 0.3) is 0 Å². The maximum Gasteiger partial charge on any atom is 0.321 e. The average Bonchev–Trinajstić information content (AvgIpc) is 2.15. The molecule has 1 saturated heterocycles. The van der Waals surface area contributed by atoms with E-state index in [-0.39, 0.29) is 23.8 Å². The molecule has 0 unspecified atom stereocenters. The molecule has 1 aliphatic carbocycles. The lowest BCUT2D eigenvalue weighted by Crippen LogP contribution is -2.40. The molecule has 2 aliphatic rings. The average molecular weight is 265 g/mol. The molecule has 7 N–H and O–H groups in total. The van der Waals surface area contributed by atoms with Crippen LogP contribution >= 0.6 is 0 Å². The molecular weight excluding hydrogens is 242 g/mol. The van der Waals surface area contributed by atoms with E-state index in [1.807, 2.05) is 0 Å². The van der Waals surface area contributed by atoms with Crippen molar-refractivity contribution in [2.75, 3.05) is 13.1 Å². The first-order chi connectivity index (χ1) is 7.59. The van der Waals surface area contributed by atoms with Crippen LogP contribution < -0.4 is 5.32 Å². The highest BCUT2D eigenvalue weighted by molar-refractivity contribution is 5.98. The number of aliphatic carboxylic acids is 2. The molecule has 7 nitrogen and oxygen atoms in total. The van der Waals surface area contributed by atoms with Gasteiger partial charge in [-0.25, -0.2) is 0 Å². The number of carboxylic acids is 2. The van der Waals surface area contributed by atoms with Gasteiger partial charge in [0.1, 0.15) is 0 Å². The number of carbonyl (C=O) groups is 2. The number of hydrogen-bond donors (Lipinski definition) is 3. The molecule has 0 spiro atoms. The molecule has 18 heavy (non-hydrogen) atoms. The van der Waals surface area contributed by atoms with Crippen LogP contribution in [0.1, 0.15) is 38.5 Å². The first kappa shape index (κ1) is 19.2. The van der Waals surface area contributed by atoms with Gasteiger partial charge in [-0.05, 0) is 32.4 Å². The highest BCUT2D eigenvalue weighted by Gasteiger charge is 2.46. The van der Waals surface area contributed by atoms with Crippen molar-refractivity contribution in [2.45, 2.75) is 38.5 Å². The molecule has 108 valence electrons. The molecule has 0 amide bonds. The third-order valence-electron chi connectivity index (χ3n) is 3.23. The van der Waals surface area contributed by atoms with Crippen molar-refractivity contribution in [1.82, 2.24) is 5.32 Å². The first-order valence-electron chi connectivity index (χ1n) is 5.77. The standard InChI is InChI=1S/C8H12O4.C3H7N.2H2O/c9-6(10)8(7(11)12)4-2-1-3-5-8;1-2-4-3-1;;/h1-5H2,(H,9,10)(H,11,12);4H,1-3H2;2*1H2. The van der Waals surface area contributed by atoms with Gasteiger partial charge in [0.15, 0.2) is 5.41 Å². The SMILES string of the molecule is C1CNC1.O.O.O=C(O)C1(C(=O)O)CCCCC1. The molecule has 1 saturated carbocycles. The number of hydrogen-bond acceptors (Lipinski definition) is 3. The van der Waals surface area contributed by atoms with E-state index in [0.29, 0.717) is 12.8 Å². The van der Waals surface area contributed by atoms with Crippen LogP contribution in [0.15, 0.2) is 0 Å². The molecule has 2 fully saturated rings. The maximum absolute atomic E-state index is 10.7. The molecule has 1 heterocycles. The lowest BCUT2D eigenvalue weighted by atomic mass is 9.74. The molecule has 2 rings (SSSR count). The van der Waals surface area contributed by atoms with Gasteiger partial charge < -0.3 is 26.5 Å². The van der Waals surface area contributed by atoms with E-state index < -0.39 is 17.4 Å². The summed E-state index contributed by atoms with van der Waals surface area (Å²) < 4.78 is 0. The summed E-state index contributed by atoms with van der Waals surface area (Å²) in [7, 11) is 0. The molecule has 0 aromatic heterocycles. The predicted molar refractivity (Wildman–Crippen MR) is 65.5 cm³/mol. The largest absolute Gasteiger partial charge is 0.480 e. The van der Waals surface area contributed by atoms with Crippen LogP contribution in [0, 0.1) is 5.41 Å². The topological polar surface area (TPSA) is 150 Å². The van der Waals surface area contributed by atoms with Crippen LogP contribution in [0.2, 0.25) is 0 Å². The maximum atomic E-state index is 10.7. The van der Waals surface area contributed by atoms with E-state index in [4.69, 9.17) is 10.2 Å². The minimum Gasteiger partial charge on any atom is -0.480 e.